The fraction of sp³-hybridized carbons (Fsp3) is 0.333. The fourth-order valence-corrected chi connectivity index (χ4v) is 0.264. The second kappa shape index (κ2) is 6.02. The highest BCUT2D eigenvalue weighted by molar-refractivity contribution is 6.15. The van der Waals surface area contributed by atoms with Crippen LogP contribution in [-0.2, 0) is 19.3 Å². The molecule has 0 aromatic heterocycles. The fourth-order valence-electron chi connectivity index (χ4n) is 0.264. The van der Waals surface area contributed by atoms with E-state index in [2.05, 4.69) is 20.0 Å². The van der Waals surface area contributed by atoms with Crippen LogP contribution < -0.4 is 0 Å². The van der Waals surface area contributed by atoms with Gasteiger partial charge in [0.25, 0.3) is 0 Å². The molecule has 0 unspecified atom stereocenters. The van der Waals surface area contributed by atoms with E-state index in [-0.39, 0.29) is 0 Å². The lowest BCUT2D eigenvalue weighted by molar-refractivity contribution is -0.141. The average molecular weight is 172 g/mol. The van der Waals surface area contributed by atoms with E-state index in [1.54, 1.807) is 0 Å². The lowest BCUT2D eigenvalue weighted by atomic mass is 10.8. The summed E-state index contributed by atoms with van der Waals surface area (Å²) in [6.45, 7) is 2.42. The minimum atomic E-state index is -0.535. The zero-order valence-electron chi connectivity index (χ0n) is 6.68. The smallest absolute Gasteiger partial charge is 0.319 e. The first-order chi connectivity index (χ1) is 5.63. The Labute approximate surface area is 68.8 Å². The van der Waals surface area contributed by atoms with Crippen LogP contribution in [0.2, 0.25) is 0 Å². The Morgan fingerprint density at radius 2 is 1.33 bits per heavy atom. The molecule has 6 heteroatoms. The number of hydrogen-bond donors (Lipinski definition) is 0. The van der Waals surface area contributed by atoms with E-state index < -0.39 is 11.9 Å². The van der Waals surface area contributed by atoms with Crippen LogP contribution in [0.25, 0.3) is 0 Å². The Morgan fingerprint density at radius 1 is 1.00 bits per heavy atom. The first kappa shape index (κ1) is 10.3. The molecule has 0 aliphatic heterocycles. The third-order valence-electron chi connectivity index (χ3n) is 0.551. The number of hydrogen-bond acceptors (Lipinski definition) is 6. The summed E-state index contributed by atoms with van der Waals surface area (Å²) in [5.74, 6) is -1.07. The second-order valence-corrected chi connectivity index (χ2v) is 1.67. The summed E-state index contributed by atoms with van der Waals surface area (Å²) in [4.78, 5) is 28.5. The van der Waals surface area contributed by atoms with Crippen LogP contribution in [0.3, 0.4) is 0 Å². The predicted molar refractivity (Wildman–Crippen MR) is 40.5 cm³/mol. The number of carbonyl (C=O) groups is 2. The van der Waals surface area contributed by atoms with Crippen LogP contribution in [0.15, 0.2) is 10.3 Å². The summed E-state index contributed by atoms with van der Waals surface area (Å²) in [6.07, 6.45) is 2.15. The van der Waals surface area contributed by atoms with Crippen molar-refractivity contribution < 1.29 is 19.3 Å². The molecular formula is C6H8N2O4. The molecule has 0 rings (SSSR count). The molecule has 0 N–H and O–H groups in total. The van der Waals surface area contributed by atoms with E-state index in [1.807, 2.05) is 0 Å². The molecule has 0 atom stereocenters. The number of nitrogens with zero attached hydrogens (tertiary/aromatic N) is 2. The van der Waals surface area contributed by atoms with E-state index in [0.717, 1.165) is 12.4 Å². The van der Waals surface area contributed by atoms with Crippen LogP contribution in [0, 0.1) is 0 Å². The molecule has 6 nitrogen and oxygen atoms in total. The Kier molecular flexibility index (Phi) is 5.16. The first-order valence-electron chi connectivity index (χ1n) is 3.03. The molecule has 66 valence electrons. The minimum absolute atomic E-state index is 0.535. The summed E-state index contributed by atoms with van der Waals surface area (Å²) in [5.41, 5.74) is 0. The van der Waals surface area contributed by atoms with Gasteiger partial charge in [-0.05, 0) is 0 Å². The standard InChI is InChI=1S/C6H8N2O4/c1-5(9)11-7-3-4-8-12-6(2)10/h3-4H,1-2H3. The van der Waals surface area contributed by atoms with Crippen molar-refractivity contribution in [2.75, 3.05) is 0 Å². The molecule has 0 saturated carbocycles. The molecule has 0 heterocycles. The summed E-state index contributed by atoms with van der Waals surface area (Å²) >= 11 is 0. The van der Waals surface area contributed by atoms with Crippen molar-refractivity contribution in [3.05, 3.63) is 0 Å². The molecule has 0 radical (unpaired) electrons. The molecule has 0 bridgehead atoms. The average Bonchev–Trinajstić information content (AvgIpc) is 1.95. The van der Waals surface area contributed by atoms with Gasteiger partial charge >= 0.3 is 11.9 Å². The van der Waals surface area contributed by atoms with E-state index in [9.17, 15) is 9.59 Å². The summed E-state index contributed by atoms with van der Waals surface area (Å²) in [7, 11) is 0. The summed E-state index contributed by atoms with van der Waals surface area (Å²) < 4.78 is 0. The van der Waals surface area contributed by atoms with Crippen molar-refractivity contribution in [3.63, 3.8) is 0 Å². The van der Waals surface area contributed by atoms with Gasteiger partial charge in [-0.3, -0.25) is 0 Å². The van der Waals surface area contributed by atoms with Crippen molar-refractivity contribution >= 4 is 24.4 Å². The van der Waals surface area contributed by atoms with Crippen molar-refractivity contribution in [2.45, 2.75) is 13.8 Å². The van der Waals surface area contributed by atoms with Crippen LogP contribution in [0.5, 0.6) is 0 Å². The minimum Gasteiger partial charge on any atom is -0.319 e. The SMILES string of the molecule is CC(=O)ON=CC=NOC(C)=O. The molecule has 0 aliphatic carbocycles. The maximum Gasteiger partial charge on any atom is 0.331 e. The molecule has 0 saturated heterocycles. The second-order valence-electron chi connectivity index (χ2n) is 1.67. The van der Waals surface area contributed by atoms with Gasteiger partial charge in [-0.25, -0.2) is 9.59 Å². The quantitative estimate of drug-likeness (QED) is 0.343. The maximum absolute atomic E-state index is 10.1. The Hall–Kier alpha value is -1.72. The van der Waals surface area contributed by atoms with Gasteiger partial charge in [0.15, 0.2) is 0 Å². The van der Waals surface area contributed by atoms with Crippen molar-refractivity contribution in [1.29, 1.82) is 0 Å². The van der Waals surface area contributed by atoms with Gasteiger partial charge < -0.3 is 9.68 Å². The molecule has 0 aromatic rings. The lowest BCUT2D eigenvalue weighted by Crippen LogP contribution is -1.93. The third-order valence-corrected chi connectivity index (χ3v) is 0.551. The zero-order valence-corrected chi connectivity index (χ0v) is 6.68. The van der Waals surface area contributed by atoms with Gasteiger partial charge in [0.05, 0.1) is 12.4 Å². The van der Waals surface area contributed by atoms with Gasteiger partial charge in [-0.2, -0.15) is 0 Å². The number of oxime groups is 2. The molecule has 0 aliphatic rings. The van der Waals surface area contributed by atoms with Gasteiger partial charge in [0.1, 0.15) is 0 Å². The van der Waals surface area contributed by atoms with E-state index in [4.69, 9.17) is 0 Å². The normalized spacial score (nSPS) is 10.5. The molecule has 0 aromatic carbocycles. The van der Waals surface area contributed by atoms with Crippen LogP contribution in [0.4, 0.5) is 0 Å². The topological polar surface area (TPSA) is 77.3 Å². The molecular weight excluding hydrogens is 164 g/mol. The van der Waals surface area contributed by atoms with Crippen LogP contribution in [-0.4, -0.2) is 24.4 Å². The third kappa shape index (κ3) is 8.28. The van der Waals surface area contributed by atoms with E-state index in [1.165, 1.54) is 13.8 Å². The molecule has 12 heavy (non-hydrogen) atoms. The highest BCUT2D eigenvalue weighted by Gasteiger charge is 1.86. The molecule has 0 spiro atoms. The zero-order chi connectivity index (χ0) is 9.40. The van der Waals surface area contributed by atoms with Crippen LogP contribution in [0.1, 0.15) is 13.8 Å². The Morgan fingerprint density at radius 3 is 1.58 bits per heavy atom. The highest BCUT2D eigenvalue weighted by atomic mass is 16.7. The Balaban J connectivity index is 3.52. The monoisotopic (exact) mass is 172 g/mol. The van der Waals surface area contributed by atoms with Gasteiger partial charge in [0, 0.05) is 13.8 Å². The van der Waals surface area contributed by atoms with Crippen LogP contribution >= 0.6 is 0 Å². The molecule has 0 amide bonds. The number of carbonyl (C=O) groups excluding carboxylic acids is 2. The van der Waals surface area contributed by atoms with E-state index >= 15 is 0 Å². The predicted octanol–water partition coefficient (Wildman–Crippen LogP) is 0.0842. The lowest BCUT2D eigenvalue weighted by Gasteiger charge is -1.86. The van der Waals surface area contributed by atoms with Crippen molar-refractivity contribution in [2.24, 2.45) is 10.3 Å². The number of rotatable bonds is 3. The van der Waals surface area contributed by atoms with Crippen molar-refractivity contribution in [1.82, 2.24) is 0 Å². The summed E-state index contributed by atoms with van der Waals surface area (Å²) in [6, 6.07) is 0. The highest BCUT2D eigenvalue weighted by Crippen LogP contribution is 1.75. The maximum atomic E-state index is 10.1. The largest absolute Gasteiger partial charge is 0.331 e. The van der Waals surface area contributed by atoms with Crippen molar-refractivity contribution in [3.8, 4) is 0 Å². The first-order valence-corrected chi connectivity index (χ1v) is 3.03. The van der Waals surface area contributed by atoms with Gasteiger partial charge in [0.2, 0.25) is 0 Å². The van der Waals surface area contributed by atoms with E-state index in [0.29, 0.717) is 0 Å². The summed E-state index contributed by atoms with van der Waals surface area (Å²) in [5, 5.41) is 6.31. The van der Waals surface area contributed by atoms with Gasteiger partial charge in [-0.15, -0.1) is 0 Å². The Bertz CT molecular complexity index is 198. The molecule has 0 fully saturated rings. The van der Waals surface area contributed by atoms with Gasteiger partial charge in [-0.1, -0.05) is 10.3 Å².